The molecular weight excluding hydrogens is 222 g/mol. The number of aromatic nitrogens is 1. The van der Waals surface area contributed by atoms with Gasteiger partial charge in [-0.2, -0.15) is 5.26 Å². The summed E-state index contributed by atoms with van der Waals surface area (Å²) in [6.45, 7) is 7.08. The maximum absolute atomic E-state index is 11.5. The molecule has 0 aliphatic carbocycles. The Morgan fingerprint density at radius 3 is 2.71 bits per heavy atom. The van der Waals surface area contributed by atoms with E-state index in [1.54, 1.807) is 20.8 Å². The molecule has 1 amide bonds. The van der Waals surface area contributed by atoms with Crippen LogP contribution in [0.4, 0.5) is 10.7 Å². The molecule has 0 spiro atoms. The molecule has 0 atom stereocenters. The van der Waals surface area contributed by atoms with E-state index in [1.807, 2.05) is 13.0 Å². The summed E-state index contributed by atoms with van der Waals surface area (Å²) in [4.78, 5) is 11.5. The van der Waals surface area contributed by atoms with Gasteiger partial charge in [-0.3, -0.25) is 5.32 Å². The molecule has 1 heterocycles. The van der Waals surface area contributed by atoms with E-state index in [0.29, 0.717) is 12.1 Å². The van der Waals surface area contributed by atoms with Gasteiger partial charge in [0.05, 0.1) is 0 Å². The van der Waals surface area contributed by atoms with Crippen LogP contribution in [-0.4, -0.2) is 16.9 Å². The van der Waals surface area contributed by atoms with Gasteiger partial charge in [-0.1, -0.05) is 12.1 Å². The van der Waals surface area contributed by atoms with Gasteiger partial charge in [0.2, 0.25) is 0 Å². The van der Waals surface area contributed by atoms with Crippen LogP contribution in [0.1, 0.15) is 39.0 Å². The maximum Gasteiger partial charge on any atom is 0.414 e. The third-order valence-electron chi connectivity index (χ3n) is 1.82. The number of nitriles is 1. The summed E-state index contributed by atoms with van der Waals surface area (Å²) in [5.41, 5.74) is 0.140. The van der Waals surface area contributed by atoms with Crippen LogP contribution < -0.4 is 5.32 Å². The average Bonchev–Trinajstić information content (AvgIpc) is 2.56. The number of rotatable bonds is 2. The number of hydrogen-bond donors (Lipinski definition) is 1. The number of ether oxygens (including phenoxy) is 1. The van der Waals surface area contributed by atoms with Gasteiger partial charge in [-0.05, 0) is 27.2 Å². The first kappa shape index (κ1) is 13.0. The predicted octanol–water partition coefficient (Wildman–Crippen LogP) is 2.46. The van der Waals surface area contributed by atoms with Crippen molar-refractivity contribution >= 4 is 12.0 Å². The van der Waals surface area contributed by atoms with Crippen molar-refractivity contribution in [2.45, 2.75) is 39.7 Å². The number of carbonyl (C=O) groups excluding carboxylic acids is 1. The van der Waals surface area contributed by atoms with E-state index in [2.05, 4.69) is 10.5 Å². The summed E-state index contributed by atoms with van der Waals surface area (Å²) >= 11 is 0. The smallest absolute Gasteiger partial charge is 0.414 e. The Labute approximate surface area is 99.5 Å². The van der Waals surface area contributed by atoms with E-state index < -0.39 is 11.7 Å². The highest BCUT2D eigenvalue weighted by atomic mass is 16.6. The Bertz CT molecular complexity index is 452. The van der Waals surface area contributed by atoms with Crippen LogP contribution in [0.5, 0.6) is 0 Å². The number of nitrogens with zero attached hydrogens (tertiary/aromatic N) is 2. The molecule has 6 heteroatoms. The Balaban J connectivity index is 2.79. The second-order valence-corrected chi connectivity index (χ2v) is 4.43. The van der Waals surface area contributed by atoms with Gasteiger partial charge in [0.15, 0.2) is 0 Å². The molecule has 0 aromatic carbocycles. The summed E-state index contributed by atoms with van der Waals surface area (Å²) in [5.74, 6) is 0.0265. The first-order valence-corrected chi connectivity index (χ1v) is 5.26. The topological polar surface area (TPSA) is 88.2 Å². The minimum atomic E-state index is -0.673. The van der Waals surface area contributed by atoms with Gasteiger partial charge in [0.25, 0.3) is 5.88 Å². The van der Waals surface area contributed by atoms with Crippen molar-refractivity contribution in [1.82, 2.24) is 5.16 Å². The normalized spacial score (nSPS) is 10.8. The predicted molar refractivity (Wildman–Crippen MR) is 60.5 cm³/mol. The zero-order valence-electron chi connectivity index (χ0n) is 10.3. The van der Waals surface area contributed by atoms with E-state index in [1.165, 1.54) is 0 Å². The lowest BCUT2D eigenvalue weighted by atomic mass is 10.2. The van der Waals surface area contributed by atoms with Crippen molar-refractivity contribution in [1.29, 1.82) is 5.26 Å². The van der Waals surface area contributed by atoms with Crippen LogP contribution in [0, 0.1) is 11.3 Å². The molecule has 0 bridgehead atoms. The zero-order chi connectivity index (χ0) is 13.1. The fourth-order valence-corrected chi connectivity index (χ4v) is 1.16. The number of anilines is 1. The number of amides is 1. The molecule has 0 saturated heterocycles. The molecule has 0 aliphatic heterocycles. The first-order valence-electron chi connectivity index (χ1n) is 5.26. The van der Waals surface area contributed by atoms with Gasteiger partial charge in [0, 0.05) is 0 Å². The highest BCUT2D eigenvalue weighted by molar-refractivity contribution is 5.84. The molecule has 6 nitrogen and oxygen atoms in total. The molecule has 0 radical (unpaired) electrons. The summed E-state index contributed by atoms with van der Waals surface area (Å²) in [5, 5.41) is 15.0. The van der Waals surface area contributed by atoms with Gasteiger partial charge < -0.3 is 9.26 Å². The van der Waals surface area contributed by atoms with Crippen LogP contribution in [0.25, 0.3) is 0 Å². The number of carbonyl (C=O) groups is 1. The molecule has 0 aliphatic rings. The van der Waals surface area contributed by atoms with Crippen molar-refractivity contribution in [2.75, 3.05) is 5.32 Å². The lowest BCUT2D eigenvalue weighted by molar-refractivity contribution is 0.0631. The number of aryl methyl sites for hydroxylation is 1. The van der Waals surface area contributed by atoms with Gasteiger partial charge in [0.1, 0.15) is 22.9 Å². The van der Waals surface area contributed by atoms with Gasteiger partial charge in [-0.15, -0.1) is 0 Å². The van der Waals surface area contributed by atoms with Crippen LogP contribution in [0.3, 0.4) is 0 Å². The number of hydrogen-bond acceptors (Lipinski definition) is 5. The SMILES string of the molecule is CCc1noc(NC(=O)OC(C)(C)C)c1C#N. The summed E-state index contributed by atoms with van der Waals surface area (Å²) in [6.07, 6.45) is -0.115. The molecule has 1 aromatic rings. The Morgan fingerprint density at radius 2 is 2.24 bits per heavy atom. The molecule has 1 aromatic heterocycles. The van der Waals surface area contributed by atoms with Crippen molar-refractivity contribution in [3.63, 3.8) is 0 Å². The third kappa shape index (κ3) is 3.48. The van der Waals surface area contributed by atoms with Crippen LogP contribution in [-0.2, 0) is 11.2 Å². The van der Waals surface area contributed by atoms with Crippen molar-refractivity contribution < 1.29 is 14.1 Å². The van der Waals surface area contributed by atoms with E-state index in [9.17, 15) is 4.79 Å². The minimum Gasteiger partial charge on any atom is -0.444 e. The Kier molecular flexibility index (Phi) is 3.73. The maximum atomic E-state index is 11.5. The summed E-state index contributed by atoms with van der Waals surface area (Å²) in [6, 6.07) is 1.94. The number of nitrogens with one attached hydrogen (secondary N) is 1. The lowest BCUT2D eigenvalue weighted by Gasteiger charge is -2.18. The second kappa shape index (κ2) is 4.87. The molecule has 17 heavy (non-hydrogen) atoms. The Morgan fingerprint density at radius 1 is 1.59 bits per heavy atom. The molecule has 92 valence electrons. The highest BCUT2D eigenvalue weighted by Gasteiger charge is 2.21. The van der Waals surface area contributed by atoms with Crippen molar-refractivity contribution in [3.05, 3.63) is 11.3 Å². The summed E-state index contributed by atoms with van der Waals surface area (Å²) < 4.78 is 9.92. The fraction of sp³-hybridized carbons (Fsp3) is 0.545. The average molecular weight is 237 g/mol. The molecule has 0 unspecified atom stereocenters. The Hall–Kier alpha value is -2.03. The minimum absolute atomic E-state index is 0.0265. The third-order valence-corrected chi connectivity index (χ3v) is 1.82. The van der Waals surface area contributed by atoms with Crippen LogP contribution in [0.2, 0.25) is 0 Å². The van der Waals surface area contributed by atoms with Crippen molar-refractivity contribution in [2.24, 2.45) is 0 Å². The molecule has 0 fully saturated rings. The van der Waals surface area contributed by atoms with E-state index in [4.69, 9.17) is 14.5 Å². The zero-order valence-corrected chi connectivity index (χ0v) is 10.3. The summed E-state index contributed by atoms with van der Waals surface area (Å²) in [7, 11) is 0. The van der Waals surface area contributed by atoms with Gasteiger partial charge >= 0.3 is 6.09 Å². The van der Waals surface area contributed by atoms with Gasteiger partial charge in [-0.25, -0.2) is 4.79 Å². The quantitative estimate of drug-likeness (QED) is 0.853. The monoisotopic (exact) mass is 237 g/mol. The van der Waals surface area contributed by atoms with E-state index in [-0.39, 0.29) is 11.4 Å². The molecular formula is C11H15N3O3. The van der Waals surface area contributed by atoms with E-state index >= 15 is 0 Å². The lowest BCUT2D eigenvalue weighted by Crippen LogP contribution is -2.27. The standard InChI is InChI=1S/C11H15N3O3/c1-5-8-7(6-12)9(17-14-8)13-10(15)16-11(2,3)4/h5H2,1-4H3,(H,13,15). The largest absolute Gasteiger partial charge is 0.444 e. The molecule has 0 saturated carbocycles. The molecule has 1 rings (SSSR count). The highest BCUT2D eigenvalue weighted by Crippen LogP contribution is 2.20. The van der Waals surface area contributed by atoms with Crippen LogP contribution in [0.15, 0.2) is 4.52 Å². The molecule has 1 N–H and O–H groups in total. The van der Waals surface area contributed by atoms with E-state index in [0.717, 1.165) is 0 Å². The van der Waals surface area contributed by atoms with Crippen LogP contribution >= 0.6 is 0 Å². The van der Waals surface area contributed by atoms with Crippen molar-refractivity contribution in [3.8, 4) is 6.07 Å². The second-order valence-electron chi connectivity index (χ2n) is 4.43. The first-order chi connectivity index (χ1) is 7.87. The fourth-order valence-electron chi connectivity index (χ4n) is 1.16.